The first-order valence-corrected chi connectivity index (χ1v) is 17.4. The Morgan fingerprint density at radius 1 is 0.635 bits per heavy atom. The number of carbonyl (C=O) groups is 5. The van der Waals surface area contributed by atoms with Crippen LogP contribution in [-0.4, -0.2) is 105 Å². The second kappa shape index (κ2) is 17.2. The summed E-state index contributed by atoms with van der Waals surface area (Å²) in [5.74, 6) is -25.8. The van der Waals surface area contributed by atoms with Crippen molar-refractivity contribution in [3.05, 3.63) is 59.5 Å². The van der Waals surface area contributed by atoms with Gasteiger partial charge in [0, 0.05) is 45.1 Å². The Morgan fingerprint density at radius 2 is 1.08 bits per heavy atom. The second-order valence-corrected chi connectivity index (χ2v) is 14.1. The number of ether oxygens (including phenoxy) is 4. The number of hydrogen-bond donors (Lipinski definition) is 1. The molecule has 0 saturated carbocycles. The van der Waals surface area contributed by atoms with Crippen LogP contribution in [0.1, 0.15) is 42.3 Å². The molecule has 4 heterocycles. The highest BCUT2D eigenvalue weighted by molar-refractivity contribution is 6.11. The molecule has 0 unspecified atom stereocenters. The summed E-state index contributed by atoms with van der Waals surface area (Å²) < 4.78 is 181. The fourth-order valence-electron chi connectivity index (χ4n) is 5.70. The van der Waals surface area contributed by atoms with Crippen LogP contribution >= 0.6 is 0 Å². The maximum atomic E-state index is 14.0. The molecule has 4 aromatic rings. The summed E-state index contributed by atoms with van der Waals surface area (Å²) in [4.78, 5) is 74.7. The zero-order chi connectivity index (χ0) is 47.0. The van der Waals surface area contributed by atoms with E-state index in [1.54, 1.807) is 17.7 Å². The zero-order valence-corrected chi connectivity index (χ0v) is 32.0. The number of imidazole rings is 1. The van der Waals surface area contributed by atoms with Crippen molar-refractivity contribution in [2.75, 3.05) is 36.4 Å². The van der Waals surface area contributed by atoms with Crippen molar-refractivity contribution in [2.45, 2.75) is 57.4 Å². The van der Waals surface area contributed by atoms with E-state index in [9.17, 15) is 76.7 Å². The molecule has 16 nitrogen and oxygen atoms in total. The molecule has 1 N–H and O–H groups in total. The van der Waals surface area contributed by atoms with E-state index in [1.807, 2.05) is 17.0 Å². The first kappa shape index (κ1) is 47.3. The molecule has 0 bridgehead atoms. The summed E-state index contributed by atoms with van der Waals surface area (Å²) in [5, 5.41) is 6.09. The number of halogens is 12. The molecule has 1 fully saturated rings. The van der Waals surface area contributed by atoms with Crippen molar-refractivity contribution in [3.8, 4) is 23.0 Å². The third-order valence-corrected chi connectivity index (χ3v) is 8.40. The lowest BCUT2D eigenvalue weighted by molar-refractivity contribution is -0.192. The molecule has 0 atom stereocenters. The third kappa shape index (κ3) is 11.2. The minimum atomic E-state index is -6.19. The number of anilines is 2. The first-order chi connectivity index (χ1) is 28.9. The number of amides is 1. The van der Waals surface area contributed by atoms with Crippen molar-refractivity contribution < 1.29 is 95.6 Å². The number of benzene rings is 1. The molecule has 1 aromatic carbocycles. The van der Waals surface area contributed by atoms with Crippen molar-refractivity contribution in [1.29, 1.82) is 0 Å². The minimum Gasteiger partial charge on any atom is -0.415 e. The van der Waals surface area contributed by atoms with E-state index in [0.717, 1.165) is 37.0 Å². The van der Waals surface area contributed by atoms with Gasteiger partial charge in [0.25, 0.3) is 5.91 Å². The topological polar surface area (TPSA) is 184 Å². The number of esters is 4. The van der Waals surface area contributed by atoms with E-state index < -0.39 is 99.8 Å². The summed E-state index contributed by atoms with van der Waals surface area (Å²) in [6.45, 7) is 4.82. The maximum absolute atomic E-state index is 14.0. The third-order valence-electron chi connectivity index (χ3n) is 8.40. The van der Waals surface area contributed by atoms with Gasteiger partial charge in [-0.3, -0.25) is 14.7 Å². The van der Waals surface area contributed by atoms with Gasteiger partial charge in [-0.1, -0.05) is 20.8 Å². The van der Waals surface area contributed by atoms with Crippen LogP contribution in [0.3, 0.4) is 0 Å². The monoisotopic (exact) mass is 917 g/mol. The van der Waals surface area contributed by atoms with Gasteiger partial charge in [0.1, 0.15) is 11.4 Å². The van der Waals surface area contributed by atoms with E-state index >= 15 is 0 Å². The van der Waals surface area contributed by atoms with Gasteiger partial charge < -0.3 is 29.2 Å². The Kier molecular flexibility index (Phi) is 12.9. The molecular weight excluding hydrogens is 890 g/mol. The van der Waals surface area contributed by atoms with Gasteiger partial charge in [0.2, 0.25) is 0 Å². The highest BCUT2D eigenvalue weighted by Gasteiger charge is 2.51. The lowest BCUT2D eigenvalue weighted by Crippen LogP contribution is -2.46. The number of hydrogen-bond acceptors (Lipinski definition) is 14. The Balaban J connectivity index is 1.68. The normalized spacial score (nSPS) is 14.3. The van der Waals surface area contributed by atoms with Crippen molar-refractivity contribution in [2.24, 2.45) is 0 Å². The highest BCUT2D eigenvalue weighted by Crippen LogP contribution is 2.55. The highest BCUT2D eigenvalue weighted by atomic mass is 19.4. The minimum absolute atomic E-state index is 0.138. The molecule has 3 aromatic heterocycles. The number of piperazine rings is 1. The molecule has 5 rings (SSSR count). The summed E-state index contributed by atoms with van der Waals surface area (Å²) >= 11 is 0. The SMILES string of the molecule is CC(C)(C)c1c(OC(=O)C(F)(F)F)c(OC(=O)C(F)(F)F)c(C(=O)Nc2cn3nc(N4CCN(Cc5ccncc5)CC4)ccc3n2)c(OC(=O)C(F)(F)F)c1OC(=O)C(F)(F)F. The van der Waals surface area contributed by atoms with E-state index in [4.69, 9.17) is 0 Å². The van der Waals surface area contributed by atoms with E-state index in [1.165, 1.54) is 12.1 Å². The molecular formula is C35H27F12N7O9. The number of pyridine rings is 1. The molecule has 0 spiro atoms. The molecule has 1 aliphatic heterocycles. The van der Waals surface area contributed by atoms with E-state index in [0.29, 0.717) is 38.5 Å². The molecule has 340 valence electrons. The zero-order valence-electron chi connectivity index (χ0n) is 32.0. The van der Waals surface area contributed by atoms with E-state index in [2.05, 4.69) is 38.9 Å². The maximum Gasteiger partial charge on any atom is 0.491 e. The van der Waals surface area contributed by atoms with Crippen LogP contribution in [0.25, 0.3) is 5.65 Å². The number of carbonyl (C=O) groups excluding carboxylic acids is 5. The average Bonchev–Trinajstić information content (AvgIpc) is 3.56. The van der Waals surface area contributed by atoms with Gasteiger partial charge in [-0.15, -0.1) is 5.10 Å². The molecule has 28 heteroatoms. The fraction of sp³-hybridized carbons (Fsp3) is 0.371. The number of aromatic nitrogens is 4. The number of alkyl halides is 12. The lowest BCUT2D eigenvalue weighted by Gasteiger charge is -2.35. The lowest BCUT2D eigenvalue weighted by atomic mass is 9.83. The molecule has 0 radical (unpaired) electrons. The van der Waals surface area contributed by atoms with Crippen LogP contribution in [0.4, 0.5) is 64.3 Å². The van der Waals surface area contributed by atoms with Crippen molar-refractivity contribution in [1.82, 2.24) is 24.5 Å². The summed E-state index contributed by atoms with van der Waals surface area (Å²) in [7, 11) is 0. The van der Waals surface area contributed by atoms with Crippen molar-refractivity contribution >= 4 is 47.1 Å². The quantitative estimate of drug-likeness (QED) is 0.120. The van der Waals surface area contributed by atoms with Gasteiger partial charge >= 0.3 is 48.6 Å². The number of rotatable bonds is 9. The van der Waals surface area contributed by atoms with Crippen LogP contribution in [0.2, 0.25) is 0 Å². The first-order valence-electron chi connectivity index (χ1n) is 17.4. The van der Waals surface area contributed by atoms with Gasteiger partial charge in [-0.2, -0.15) is 52.7 Å². The fourth-order valence-corrected chi connectivity index (χ4v) is 5.70. The molecule has 1 aliphatic rings. The summed E-state index contributed by atoms with van der Waals surface area (Å²) in [6, 6.07) is 6.46. The molecule has 63 heavy (non-hydrogen) atoms. The van der Waals surface area contributed by atoms with Crippen LogP contribution in [-0.2, 0) is 31.1 Å². The Bertz CT molecular complexity index is 2340. The average molecular weight is 918 g/mol. The number of fused-ring (bicyclic) bond motifs is 1. The molecule has 0 aliphatic carbocycles. The number of nitrogens with one attached hydrogen (secondary N) is 1. The predicted octanol–water partition coefficient (Wildman–Crippen LogP) is 5.87. The standard InChI is InChI=1S/C35H27F12N7O9/c1-31(2,3)21-24(62-29(58)34(42,43)44)22(60-27(56)32(36,37)38)20(23(61-28(57)33(39,40)41)25(21)63-30(59)35(45,46)47)26(55)50-17-15-54-18(49-17)4-5-19(51-54)53-12-10-52(11-13-53)14-16-6-8-48-9-7-16/h4-9,15H,10-14H2,1-3H3,(H,50,55). The van der Waals surface area contributed by atoms with Gasteiger partial charge in [0.15, 0.2) is 34.5 Å². The Hall–Kier alpha value is -6.74. The smallest absolute Gasteiger partial charge is 0.415 e. The van der Waals surface area contributed by atoms with E-state index in [-0.39, 0.29) is 5.65 Å². The van der Waals surface area contributed by atoms with Gasteiger partial charge in [-0.05, 0) is 35.2 Å². The van der Waals surface area contributed by atoms with Gasteiger partial charge in [-0.25, -0.2) is 28.7 Å². The summed E-state index contributed by atoms with van der Waals surface area (Å²) in [5.41, 5.74) is -5.49. The second-order valence-electron chi connectivity index (χ2n) is 14.1. The van der Waals surface area contributed by atoms with Crippen LogP contribution in [0.15, 0.2) is 42.9 Å². The number of nitrogens with zero attached hydrogens (tertiary/aromatic N) is 6. The van der Waals surface area contributed by atoms with Gasteiger partial charge in [0.05, 0.1) is 11.8 Å². The Labute approximate surface area is 343 Å². The largest absolute Gasteiger partial charge is 0.491 e. The van der Waals surface area contributed by atoms with Crippen LogP contribution in [0, 0.1) is 0 Å². The predicted molar refractivity (Wildman–Crippen MR) is 185 cm³/mol. The Morgan fingerprint density at radius 3 is 1.51 bits per heavy atom. The molecule has 1 amide bonds. The van der Waals surface area contributed by atoms with Crippen LogP contribution in [0.5, 0.6) is 23.0 Å². The molecule has 1 saturated heterocycles. The van der Waals surface area contributed by atoms with Crippen molar-refractivity contribution in [3.63, 3.8) is 0 Å². The van der Waals surface area contributed by atoms with Crippen LogP contribution < -0.4 is 29.2 Å². The summed E-state index contributed by atoms with van der Waals surface area (Å²) in [6.07, 6.45) is -20.6.